The maximum atomic E-state index is 9.66. The van der Waals surface area contributed by atoms with E-state index in [-0.39, 0.29) is 18.6 Å². The van der Waals surface area contributed by atoms with Crippen LogP contribution in [0.2, 0.25) is 0 Å². The van der Waals surface area contributed by atoms with Crippen molar-refractivity contribution in [2.75, 3.05) is 6.61 Å². The molecule has 0 fully saturated rings. The van der Waals surface area contributed by atoms with Gasteiger partial charge in [-0.25, -0.2) is 0 Å². The maximum Gasteiger partial charge on any atom is 0.0587 e. The molecule has 0 aliphatic rings. The molecular formula is C15H32O2. The van der Waals surface area contributed by atoms with Crippen LogP contribution in [-0.4, -0.2) is 22.9 Å². The Labute approximate surface area is 107 Å². The van der Waals surface area contributed by atoms with Gasteiger partial charge in [0.1, 0.15) is 0 Å². The van der Waals surface area contributed by atoms with Crippen LogP contribution in [0.4, 0.5) is 0 Å². The number of unbranched alkanes of at least 4 members (excludes halogenated alkanes) is 8. The van der Waals surface area contributed by atoms with Gasteiger partial charge in [0.2, 0.25) is 0 Å². The van der Waals surface area contributed by atoms with Gasteiger partial charge in [-0.1, -0.05) is 71.6 Å². The SMILES string of the molecule is CCCCCCCCCCCC(O)C(C)CO. The van der Waals surface area contributed by atoms with Crippen molar-refractivity contribution in [1.82, 2.24) is 0 Å². The van der Waals surface area contributed by atoms with Crippen LogP contribution in [0, 0.1) is 5.92 Å². The van der Waals surface area contributed by atoms with Crippen molar-refractivity contribution in [3.63, 3.8) is 0 Å². The van der Waals surface area contributed by atoms with Crippen molar-refractivity contribution in [2.24, 2.45) is 5.92 Å². The minimum atomic E-state index is -0.315. The van der Waals surface area contributed by atoms with E-state index in [4.69, 9.17) is 5.11 Å². The van der Waals surface area contributed by atoms with Crippen molar-refractivity contribution in [3.05, 3.63) is 0 Å². The Morgan fingerprint density at radius 2 is 1.29 bits per heavy atom. The fourth-order valence-electron chi connectivity index (χ4n) is 2.07. The summed E-state index contributed by atoms with van der Waals surface area (Å²) in [6.07, 6.45) is 12.3. The summed E-state index contributed by atoms with van der Waals surface area (Å²) in [5.74, 6) is 0.0315. The second kappa shape index (κ2) is 12.4. The summed E-state index contributed by atoms with van der Waals surface area (Å²) in [5.41, 5.74) is 0. The van der Waals surface area contributed by atoms with Gasteiger partial charge in [0.25, 0.3) is 0 Å². The molecule has 0 amide bonds. The highest BCUT2D eigenvalue weighted by Crippen LogP contribution is 2.14. The van der Waals surface area contributed by atoms with Gasteiger partial charge in [0.05, 0.1) is 6.10 Å². The molecule has 0 saturated heterocycles. The van der Waals surface area contributed by atoms with Gasteiger partial charge in [-0.2, -0.15) is 0 Å². The van der Waals surface area contributed by atoms with Crippen LogP contribution in [0.3, 0.4) is 0 Å². The Bertz CT molecular complexity index is 148. The fourth-order valence-corrected chi connectivity index (χ4v) is 2.07. The molecule has 0 rings (SSSR count). The van der Waals surface area contributed by atoms with Crippen LogP contribution in [-0.2, 0) is 0 Å². The van der Waals surface area contributed by atoms with E-state index in [1.165, 1.54) is 51.4 Å². The Balaban J connectivity index is 3.13. The van der Waals surface area contributed by atoms with E-state index in [2.05, 4.69) is 6.92 Å². The second-order valence-corrected chi connectivity index (χ2v) is 5.34. The molecule has 0 aliphatic carbocycles. The molecule has 0 aromatic rings. The molecule has 0 aromatic heterocycles. The lowest BCUT2D eigenvalue weighted by molar-refractivity contribution is 0.0685. The van der Waals surface area contributed by atoms with E-state index in [0.717, 1.165) is 12.8 Å². The van der Waals surface area contributed by atoms with Gasteiger partial charge < -0.3 is 10.2 Å². The first-order valence-corrected chi connectivity index (χ1v) is 7.51. The zero-order valence-electron chi connectivity index (χ0n) is 11.8. The van der Waals surface area contributed by atoms with E-state index < -0.39 is 0 Å². The average Bonchev–Trinajstić information content (AvgIpc) is 2.35. The standard InChI is InChI=1S/C15H32O2/c1-3-4-5-6-7-8-9-10-11-12-15(17)14(2)13-16/h14-17H,3-13H2,1-2H3. The summed E-state index contributed by atoms with van der Waals surface area (Å²) in [6, 6.07) is 0. The Hall–Kier alpha value is -0.0800. The van der Waals surface area contributed by atoms with Gasteiger partial charge in [0, 0.05) is 12.5 Å². The third kappa shape index (κ3) is 10.8. The zero-order valence-corrected chi connectivity index (χ0v) is 11.8. The highest BCUT2D eigenvalue weighted by molar-refractivity contribution is 4.63. The van der Waals surface area contributed by atoms with Crippen molar-refractivity contribution in [3.8, 4) is 0 Å². The fraction of sp³-hybridized carbons (Fsp3) is 1.00. The van der Waals surface area contributed by atoms with E-state index in [0.29, 0.717) is 0 Å². The molecule has 0 spiro atoms. The number of aliphatic hydroxyl groups is 2. The normalized spacial score (nSPS) is 14.8. The van der Waals surface area contributed by atoms with Crippen molar-refractivity contribution >= 4 is 0 Å². The average molecular weight is 244 g/mol. The van der Waals surface area contributed by atoms with Gasteiger partial charge >= 0.3 is 0 Å². The summed E-state index contributed by atoms with van der Waals surface area (Å²) < 4.78 is 0. The van der Waals surface area contributed by atoms with Gasteiger partial charge in [0.15, 0.2) is 0 Å². The maximum absolute atomic E-state index is 9.66. The molecule has 2 unspecified atom stereocenters. The van der Waals surface area contributed by atoms with Gasteiger partial charge in [-0.15, -0.1) is 0 Å². The summed E-state index contributed by atoms with van der Waals surface area (Å²) in [6.45, 7) is 4.25. The summed E-state index contributed by atoms with van der Waals surface area (Å²) in [4.78, 5) is 0. The van der Waals surface area contributed by atoms with Crippen LogP contribution in [0.25, 0.3) is 0 Å². The lowest BCUT2D eigenvalue weighted by Gasteiger charge is -2.15. The molecule has 0 bridgehead atoms. The Kier molecular flexibility index (Phi) is 12.3. The van der Waals surface area contributed by atoms with Crippen molar-refractivity contribution in [2.45, 2.75) is 84.2 Å². The lowest BCUT2D eigenvalue weighted by Crippen LogP contribution is -2.20. The molecule has 0 aromatic carbocycles. The first-order valence-electron chi connectivity index (χ1n) is 7.51. The topological polar surface area (TPSA) is 40.5 Å². The predicted octanol–water partition coefficient (Wildman–Crippen LogP) is 3.90. The molecule has 0 saturated carbocycles. The highest BCUT2D eigenvalue weighted by atomic mass is 16.3. The number of aliphatic hydroxyl groups excluding tert-OH is 2. The summed E-state index contributed by atoms with van der Waals surface area (Å²) in [5, 5.41) is 18.5. The van der Waals surface area contributed by atoms with Crippen molar-refractivity contribution < 1.29 is 10.2 Å². The largest absolute Gasteiger partial charge is 0.396 e. The molecule has 0 heterocycles. The minimum absolute atomic E-state index is 0.0315. The smallest absolute Gasteiger partial charge is 0.0587 e. The van der Waals surface area contributed by atoms with E-state index >= 15 is 0 Å². The van der Waals surface area contributed by atoms with Crippen LogP contribution in [0.1, 0.15) is 78.1 Å². The monoisotopic (exact) mass is 244 g/mol. The molecule has 2 nitrogen and oxygen atoms in total. The molecule has 0 aliphatic heterocycles. The third-order valence-electron chi connectivity index (χ3n) is 3.55. The lowest BCUT2D eigenvalue weighted by atomic mass is 9.99. The van der Waals surface area contributed by atoms with Crippen molar-refractivity contribution in [1.29, 1.82) is 0 Å². The van der Waals surface area contributed by atoms with Crippen LogP contribution < -0.4 is 0 Å². The van der Waals surface area contributed by atoms with Gasteiger partial charge in [-0.3, -0.25) is 0 Å². The molecule has 17 heavy (non-hydrogen) atoms. The summed E-state index contributed by atoms with van der Waals surface area (Å²) in [7, 11) is 0. The van der Waals surface area contributed by atoms with Crippen LogP contribution in [0.5, 0.6) is 0 Å². The predicted molar refractivity (Wildman–Crippen MR) is 74.1 cm³/mol. The number of hydrogen-bond donors (Lipinski definition) is 2. The minimum Gasteiger partial charge on any atom is -0.396 e. The molecule has 0 radical (unpaired) electrons. The quantitative estimate of drug-likeness (QED) is 0.511. The molecule has 2 atom stereocenters. The van der Waals surface area contributed by atoms with Crippen LogP contribution >= 0.6 is 0 Å². The van der Waals surface area contributed by atoms with E-state index in [9.17, 15) is 5.11 Å². The highest BCUT2D eigenvalue weighted by Gasteiger charge is 2.11. The number of rotatable bonds is 12. The Morgan fingerprint density at radius 3 is 1.76 bits per heavy atom. The number of hydrogen-bond acceptors (Lipinski definition) is 2. The molecule has 2 heteroatoms. The Morgan fingerprint density at radius 1 is 0.824 bits per heavy atom. The summed E-state index contributed by atoms with van der Waals surface area (Å²) >= 11 is 0. The first kappa shape index (κ1) is 16.9. The van der Waals surface area contributed by atoms with E-state index in [1.54, 1.807) is 0 Å². The first-order chi connectivity index (χ1) is 8.22. The molecule has 104 valence electrons. The molecular weight excluding hydrogens is 212 g/mol. The third-order valence-corrected chi connectivity index (χ3v) is 3.55. The second-order valence-electron chi connectivity index (χ2n) is 5.34. The molecule has 2 N–H and O–H groups in total. The zero-order chi connectivity index (χ0) is 12.9. The van der Waals surface area contributed by atoms with Crippen LogP contribution in [0.15, 0.2) is 0 Å². The van der Waals surface area contributed by atoms with Gasteiger partial charge in [-0.05, 0) is 6.42 Å². The van der Waals surface area contributed by atoms with E-state index in [1.807, 2.05) is 6.92 Å².